The standard InChI is InChI=1S/C56H36N4.C6H6/c1-5-17-39(18-6-1)51-52(40-19-7-2-8-20-40)59-56(58-51)43-33-31-37(32-34-43)44-29-15-25-38-26-16-30-48(50(38)44)47-35-36-49(46-28-14-13-27-45(46)47)55-57-53(41-21-9-3-10-22-41)54(60(55)56)42-23-11-4-12-24-42;1-2-4-6-5-3-1/h1-36H;1-6H. The van der Waals surface area contributed by atoms with Crippen LogP contribution in [0.25, 0.3) is 77.7 Å². The summed E-state index contributed by atoms with van der Waals surface area (Å²) in [6.45, 7) is 0. The van der Waals surface area contributed by atoms with Crippen molar-refractivity contribution in [3.8, 4) is 56.2 Å². The number of benzene rings is 10. The quantitative estimate of drug-likeness (QED) is 0.174. The van der Waals surface area contributed by atoms with E-state index in [1.54, 1.807) is 0 Å². The van der Waals surface area contributed by atoms with Crippen LogP contribution in [0.1, 0.15) is 16.7 Å². The van der Waals surface area contributed by atoms with Crippen molar-refractivity contribution in [2.75, 3.05) is 0 Å². The van der Waals surface area contributed by atoms with Gasteiger partial charge in [0.1, 0.15) is 5.82 Å². The van der Waals surface area contributed by atoms with Gasteiger partial charge in [-0.05, 0) is 49.9 Å². The highest BCUT2D eigenvalue weighted by atomic mass is 15.4. The Kier molecular flexibility index (Phi) is 9.69. The number of rotatable bonds is 4. The van der Waals surface area contributed by atoms with Gasteiger partial charge in [0, 0.05) is 33.4 Å². The number of aliphatic imine (C=N–C) groups is 2. The first-order valence-electron chi connectivity index (χ1n) is 22.5. The number of hydrogen-bond acceptors (Lipinski definition) is 3. The van der Waals surface area contributed by atoms with Crippen LogP contribution in [0.5, 0.6) is 0 Å². The Bertz CT molecular complexity index is 3510. The van der Waals surface area contributed by atoms with Crippen LogP contribution in [0.2, 0.25) is 0 Å². The fraction of sp³-hybridized carbons (Fsp3) is 0.0161. The lowest BCUT2D eigenvalue weighted by Crippen LogP contribution is -2.31. The van der Waals surface area contributed by atoms with E-state index in [0.717, 1.165) is 78.4 Å². The van der Waals surface area contributed by atoms with Crippen LogP contribution in [0.15, 0.2) is 265 Å². The van der Waals surface area contributed by atoms with Crippen LogP contribution in [-0.2, 0) is 5.79 Å². The minimum atomic E-state index is -1.32. The Balaban J connectivity index is 0.000000707. The van der Waals surface area contributed by atoms with E-state index in [9.17, 15) is 0 Å². The van der Waals surface area contributed by atoms with Crippen molar-refractivity contribution in [1.29, 1.82) is 0 Å². The predicted molar refractivity (Wildman–Crippen MR) is 274 cm³/mol. The maximum absolute atomic E-state index is 5.95. The molecule has 1 spiro atoms. The highest BCUT2D eigenvalue weighted by Crippen LogP contribution is 2.49. The highest BCUT2D eigenvalue weighted by molar-refractivity contribution is 6.54. The van der Waals surface area contributed by atoms with E-state index in [2.05, 4.69) is 223 Å². The third kappa shape index (κ3) is 6.58. The van der Waals surface area contributed by atoms with E-state index in [-0.39, 0.29) is 0 Å². The molecule has 16 rings (SSSR count). The van der Waals surface area contributed by atoms with E-state index in [1.165, 1.54) is 27.5 Å². The van der Waals surface area contributed by atoms with Gasteiger partial charge in [-0.15, -0.1) is 0 Å². The average Bonchev–Trinajstić information content (AvgIpc) is 4.01. The average molecular weight is 843 g/mol. The number of aromatic nitrogens is 2. The lowest BCUT2D eigenvalue weighted by Gasteiger charge is -2.30. The van der Waals surface area contributed by atoms with Gasteiger partial charge < -0.3 is 0 Å². The van der Waals surface area contributed by atoms with E-state index in [1.807, 2.05) is 36.4 Å². The van der Waals surface area contributed by atoms with Crippen LogP contribution in [0.3, 0.4) is 0 Å². The maximum Gasteiger partial charge on any atom is 0.261 e. The Morgan fingerprint density at radius 2 is 0.773 bits per heavy atom. The summed E-state index contributed by atoms with van der Waals surface area (Å²) in [5, 5.41) is 4.69. The number of imidazole rings is 1. The summed E-state index contributed by atoms with van der Waals surface area (Å²) in [7, 11) is 0. The molecule has 4 nitrogen and oxygen atoms in total. The largest absolute Gasteiger partial charge is 0.275 e. The molecule has 0 atom stereocenters. The van der Waals surface area contributed by atoms with Gasteiger partial charge in [0.25, 0.3) is 5.79 Å². The zero-order valence-corrected chi connectivity index (χ0v) is 36.0. The minimum absolute atomic E-state index is 0.782. The molecule has 6 heterocycles. The van der Waals surface area contributed by atoms with E-state index in [0.29, 0.717) is 0 Å². The van der Waals surface area contributed by atoms with E-state index < -0.39 is 5.79 Å². The van der Waals surface area contributed by atoms with Crippen LogP contribution in [0.4, 0.5) is 0 Å². The molecule has 0 unspecified atom stereocenters. The lowest BCUT2D eigenvalue weighted by atomic mass is 9.87. The molecule has 0 radical (unpaired) electrons. The van der Waals surface area contributed by atoms with Gasteiger partial charge in [-0.25, -0.2) is 15.0 Å². The summed E-state index contributed by atoms with van der Waals surface area (Å²) in [6.07, 6.45) is 0. The Morgan fingerprint density at radius 1 is 0.318 bits per heavy atom. The highest BCUT2D eigenvalue weighted by Gasteiger charge is 2.45. The van der Waals surface area contributed by atoms with Crippen molar-refractivity contribution in [2.45, 2.75) is 5.79 Å². The molecule has 1 aromatic heterocycles. The second kappa shape index (κ2) is 16.4. The van der Waals surface area contributed by atoms with E-state index >= 15 is 0 Å². The predicted octanol–water partition coefficient (Wildman–Crippen LogP) is 15.2. The molecular weight excluding hydrogens is 801 g/mol. The van der Waals surface area contributed by atoms with Crippen molar-refractivity contribution >= 4 is 33.0 Å². The number of nitrogens with zero attached hydrogens (tertiary/aromatic N) is 4. The zero-order chi connectivity index (χ0) is 43.9. The maximum atomic E-state index is 5.95. The van der Waals surface area contributed by atoms with E-state index in [4.69, 9.17) is 15.0 Å². The monoisotopic (exact) mass is 842 g/mol. The molecule has 5 aliphatic rings. The molecule has 0 aliphatic carbocycles. The fourth-order valence-corrected chi connectivity index (χ4v) is 9.75. The molecule has 11 aromatic rings. The molecule has 310 valence electrons. The summed E-state index contributed by atoms with van der Waals surface area (Å²) < 4.78 is 2.33. The Labute approximate surface area is 384 Å². The van der Waals surface area contributed by atoms with Crippen molar-refractivity contribution in [3.05, 3.63) is 271 Å². The summed E-state index contributed by atoms with van der Waals surface area (Å²) >= 11 is 0. The van der Waals surface area contributed by atoms with Gasteiger partial charge >= 0.3 is 0 Å². The second-order valence-corrected chi connectivity index (χ2v) is 16.6. The van der Waals surface area contributed by atoms with Crippen LogP contribution >= 0.6 is 0 Å². The molecular formula is C62H42N4. The molecule has 0 amide bonds. The molecule has 10 aromatic carbocycles. The van der Waals surface area contributed by atoms with Crippen LogP contribution in [-0.4, -0.2) is 21.0 Å². The summed E-state index contributed by atoms with van der Waals surface area (Å²) in [5.41, 5.74) is 14.1. The molecule has 4 heteroatoms. The van der Waals surface area contributed by atoms with Crippen LogP contribution in [0, 0.1) is 0 Å². The molecule has 5 aliphatic heterocycles. The molecule has 66 heavy (non-hydrogen) atoms. The normalized spacial score (nSPS) is 13.2. The molecule has 0 N–H and O–H groups in total. The first-order valence-corrected chi connectivity index (χ1v) is 22.5. The first-order chi connectivity index (χ1) is 32.7. The van der Waals surface area contributed by atoms with Gasteiger partial charge in [0.05, 0.1) is 22.8 Å². The van der Waals surface area contributed by atoms with Crippen molar-refractivity contribution in [2.24, 2.45) is 9.98 Å². The Morgan fingerprint density at radius 3 is 1.33 bits per heavy atom. The molecule has 0 saturated heterocycles. The van der Waals surface area contributed by atoms with Gasteiger partial charge in [-0.1, -0.05) is 249 Å². The summed E-state index contributed by atoms with van der Waals surface area (Å²) in [4.78, 5) is 17.7. The van der Waals surface area contributed by atoms with Crippen molar-refractivity contribution in [3.63, 3.8) is 0 Å². The molecule has 0 saturated carbocycles. The smallest absolute Gasteiger partial charge is 0.261 e. The van der Waals surface area contributed by atoms with Gasteiger partial charge in [-0.3, -0.25) is 4.57 Å². The third-order valence-electron chi connectivity index (χ3n) is 12.7. The Hall–Kier alpha value is -8.73. The number of hydrogen-bond donors (Lipinski definition) is 0. The third-order valence-corrected chi connectivity index (χ3v) is 12.7. The van der Waals surface area contributed by atoms with Crippen molar-refractivity contribution < 1.29 is 0 Å². The summed E-state index contributed by atoms with van der Waals surface area (Å²) in [5.74, 6) is -0.534. The second-order valence-electron chi connectivity index (χ2n) is 16.6. The van der Waals surface area contributed by atoms with Crippen molar-refractivity contribution in [1.82, 2.24) is 9.55 Å². The van der Waals surface area contributed by atoms with Gasteiger partial charge in [-0.2, -0.15) is 0 Å². The van der Waals surface area contributed by atoms with Gasteiger partial charge in [0.2, 0.25) is 0 Å². The van der Waals surface area contributed by atoms with Crippen LogP contribution < -0.4 is 0 Å². The van der Waals surface area contributed by atoms with Gasteiger partial charge in [0.15, 0.2) is 0 Å². The fourth-order valence-electron chi connectivity index (χ4n) is 9.75. The molecule has 0 fully saturated rings. The molecule has 4 bridgehead atoms. The zero-order valence-electron chi connectivity index (χ0n) is 36.0. The minimum Gasteiger partial charge on any atom is -0.275 e. The topological polar surface area (TPSA) is 42.5 Å². The summed E-state index contributed by atoms with van der Waals surface area (Å²) in [6, 6.07) is 89.7. The SMILES string of the molecule is c1ccc(C2=NC3(N=C2c2ccccc2)c2ccc(cc2)-c2cccc4cccc(c24)-c2ccc(c4ccccc24)-c2nc(-c4ccccc4)c(-c4ccccc4)n23)cc1.c1ccccc1. The first kappa shape index (κ1) is 38.9. The lowest BCUT2D eigenvalue weighted by molar-refractivity contribution is 0.409.